The van der Waals surface area contributed by atoms with E-state index in [0.29, 0.717) is 6.07 Å². The minimum atomic E-state index is -4.89. The fourth-order valence-electron chi connectivity index (χ4n) is 1.42. The average Bonchev–Trinajstić information content (AvgIpc) is 2.38. The molecule has 1 aromatic rings. The third-order valence-electron chi connectivity index (χ3n) is 2.33. The molecule has 0 aliphatic rings. The zero-order valence-electron chi connectivity index (χ0n) is 11.0. The van der Waals surface area contributed by atoms with Gasteiger partial charge < -0.3 is 9.47 Å². The second-order valence-electron chi connectivity index (χ2n) is 3.89. The van der Waals surface area contributed by atoms with Crippen molar-refractivity contribution in [1.82, 2.24) is 0 Å². The summed E-state index contributed by atoms with van der Waals surface area (Å²) in [6.07, 6.45) is -5.61. The summed E-state index contributed by atoms with van der Waals surface area (Å²) in [5.74, 6) is -4.19. The molecule has 4 nitrogen and oxygen atoms in total. The van der Waals surface area contributed by atoms with Crippen molar-refractivity contribution < 1.29 is 36.6 Å². The summed E-state index contributed by atoms with van der Waals surface area (Å²) >= 11 is 0. The van der Waals surface area contributed by atoms with Crippen LogP contribution in [0.4, 0.5) is 17.6 Å². The highest BCUT2D eigenvalue weighted by molar-refractivity contribution is 5.79. The van der Waals surface area contributed by atoms with E-state index in [1.165, 1.54) is 0 Å². The highest BCUT2D eigenvalue weighted by Crippen LogP contribution is 2.34. The molecule has 0 fully saturated rings. The number of carbonyl (C=O) groups is 2. The summed E-state index contributed by atoms with van der Waals surface area (Å²) in [7, 11) is 0. The zero-order valence-corrected chi connectivity index (χ0v) is 11.0. The van der Waals surface area contributed by atoms with E-state index < -0.39 is 41.7 Å². The van der Waals surface area contributed by atoms with Gasteiger partial charge in [0.1, 0.15) is 0 Å². The number of benzene rings is 1. The fourth-order valence-corrected chi connectivity index (χ4v) is 1.42. The normalized spacial score (nSPS) is 11.1. The van der Waals surface area contributed by atoms with Crippen LogP contribution >= 0.6 is 0 Å². The third-order valence-corrected chi connectivity index (χ3v) is 2.33. The summed E-state index contributed by atoms with van der Waals surface area (Å²) in [5.41, 5.74) is -1.53. The maximum absolute atomic E-state index is 13.6. The lowest BCUT2D eigenvalue weighted by atomic mass is 10.2. The molecule has 1 aromatic carbocycles. The van der Waals surface area contributed by atoms with Gasteiger partial charge in [0.15, 0.2) is 11.6 Å². The van der Waals surface area contributed by atoms with Gasteiger partial charge in [-0.25, -0.2) is 4.39 Å². The maximum Gasteiger partial charge on any atom is 0.419 e. The Labute approximate surface area is 117 Å². The van der Waals surface area contributed by atoms with Gasteiger partial charge in [0.25, 0.3) is 0 Å². The van der Waals surface area contributed by atoms with E-state index in [-0.39, 0.29) is 13.0 Å². The minimum Gasteiger partial charge on any atom is -0.466 e. The Balaban J connectivity index is 2.71. The van der Waals surface area contributed by atoms with Crippen molar-refractivity contribution in [3.8, 4) is 5.75 Å². The topological polar surface area (TPSA) is 52.6 Å². The van der Waals surface area contributed by atoms with Crippen molar-refractivity contribution in [2.75, 3.05) is 6.61 Å². The van der Waals surface area contributed by atoms with E-state index in [9.17, 15) is 27.2 Å². The van der Waals surface area contributed by atoms with E-state index in [0.717, 1.165) is 12.1 Å². The monoisotopic (exact) mass is 308 g/mol. The van der Waals surface area contributed by atoms with Crippen molar-refractivity contribution in [2.45, 2.75) is 25.9 Å². The van der Waals surface area contributed by atoms with Crippen molar-refractivity contribution >= 4 is 11.9 Å². The van der Waals surface area contributed by atoms with Crippen LogP contribution in [0.1, 0.15) is 25.3 Å². The molecule has 0 radical (unpaired) electrons. The van der Waals surface area contributed by atoms with Gasteiger partial charge in [0.05, 0.1) is 25.0 Å². The number of rotatable bonds is 5. The van der Waals surface area contributed by atoms with Crippen LogP contribution in [0.15, 0.2) is 18.2 Å². The smallest absolute Gasteiger partial charge is 0.419 e. The van der Waals surface area contributed by atoms with Crippen molar-refractivity contribution in [3.63, 3.8) is 0 Å². The van der Waals surface area contributed by atoms with Crippen molar-refractivity contribution in [2.24, 2.45) is 0 Å². The van der Waals surface area contributed by atoms with Crippen LogP contribution in [0.3, 0.4) is 0 Å². The SMILES string of the molecule is CCOC(=O)CCC(=O)Oc1cccc(C(F)(F)F)c1F. The van der Waals surface area contributed by atoms with Gasteiger partial charge in [0, 0.05) is 0 Å². The van der Waals surface area contributed by atoms with Crippen molar-refractivity contribution in [3.05, 3.63) is 29.6 Å². The van der Waals surface area contributed by atoms with Gasteiger partial charge in [-0.15, -0.1) is 0 Å². The van der Waals surface area contributed by atoms with Gasteiger partial charge in [0.2, 0.25) is 0 Å². The Morgan fingerprint density at radius 1 is 1.14 bits per heavy atom. The lowest BCUT2D eigenvalue weighted by Crippen LogP contribution is -2.14. The van der Waals surface area contributed by atoms with E-state index in [2.05, 4.69) is 9.47 Å². The second kappa shape index (κ2) is 7.05. The fraction of sp³-hybridized carbons (Fsp3) is 0.385. The third kappa shape index (κ3) is 5.05. The van der Waals surface area contributed by atoms with Crippen molar-refractivity contribution in [1.29, 1.82) is 0 Å². The highest BCUT2D eigenvalue weighted by Gasteiger charge is 2.35. The van der Waals surface area contributed by atoms with Crippen LogP contribution in [-0.4, -0.2) is 18.5 Å². The number of hydrogen-bond acceptors (Lipinski definition) is 4. The molecular formula is C13H12F4O4. The van der Waals surface area contributed by atoms with Crippen LogP contribution < -0.4 is 4.74 Å². The standard InChI is InChI=1S/C13H12F4O4/c1-2-20-10(18)6-7-11(19)21-9-5-3-4-8(12(9)14)13(15,16)17/h3-5H,2,6-7H2,1H3. The first kappa shape index (κ1) is 16.9. The molecule has 0 unspecified atom stereocenters. The first-order valence-electron chi connectivity index (χ1n) is 5.97. The molecule has 21 heavy (non-hydrogen) atoms. The molecule has 0 saturated heterocycles. The van der Waals surface area contributed by atoms with Crippen LogP contribution in [0.2, 0.25) is 0 Å². The molecule has 0 amide bonds. The van der Waals surface area contributed by atoms with Crippen LogP contribution in [0, 0.1) is 5.82 Å². The van der Waals surface area contributed by atoms with Gasteiger partial charge in [-0.1, -0.05) is 6.07 Å². The first-order valence-corrected chi connectivity index (χ1v) is 5.97. The number of hydrogen-bond donors (Lipinski definition) is 0. The van der Waals surface area contributed by atoms with Gasteiger partial charge in [-0.05, 0) is 19.1 Å². The number of carbonyl (C=O) groups excluding carboxylic acids is 2. The van der Waals surface area contributed by atoms with E-state index in [1.54, 1.807) is 6.92 Å². The van der Waals surface area contributed by atoms with Gasteiger partial charge in [-0.3, -0.25) is 9.59 Å². The Kier molecular flexibility index (Phi) is 5.69. The number of ether oxygens (including phenoxy) is 2. The predicted octanol–water partition coefficient (Wildman–Crippen LogP) is 3.09. The van der Waals surface area contributed by atoms with Crippen LogP contribution in [-0.2, 0) is 20.5 Å². The predicted molar refractivity (Wildman–Crippen MR) is 62.9 cm³/mol. The molecule has 0 aliphatic carbocycles. The van der Waals surface area contributed by atoms with Gasteiger partial charge >= 0.3 is 18.1 Å². The molecule has 116 valence electrons. The number of esters is 2. The Bertz CT molecular complexity index is 525. The lowest BCUT2D eigenvalue weighted by molar-refractivity contribution is -0.146. The summed E-state index contributed by atoms with van der Waals surface area (Å²) < 4.78 is 60.0. The van der Waals surface area contributed by atoms with Gasteiger partial charge in [-0.2, -0.15) is 13.2 Å². The molecule has 1 rings (SSSR count). The van der Waals surface area contributed by atoms with Crippen LogP contribution in [0.25, 0.3) is 0 Å². The maximum atomic E-state index is 13.6. The number of halogens is 4. The Hall–Kier alpha value is -2.12. The molecule has 0 atom stereocenters. The molecule has 0 heterocycles. The van der Waals surface area contributed by atoms with E-state index >= 15 is 0 Å². The zero-order chi connectivity index (χ0) is 16.0. The molecule has 0 aliphatic heterocycles. The second-order valence-corrected chi connectivity index (χ2v) is 3.89. The Morgan fingerprint density at radius 3 is 2.33 bits per heavy atom. The highest BCUT2D eigenvalue weighted by atomic mass is 19.4. The minimum absolute atomic E-state index is 0.135. The average molecular weight is 308 g/mol. The molecule has 0 aromatic heterocycles. The summed E-state index contributed by atoms with van der Waals surface area (Å²) in [6.45, 7) is 1.71. The van der Waals surface area contributed by atoms with Crippen LogP contribution in [0.5, 0.6) is 5.75 Å². The van der Waals surface area contributed by atoms with E-state index in [1.807, 2.05) is 0 Å². The van der Waals surface area contributed by atoms with E-state index in [4.69, 9.17) is 0 Å². The summed E-state index contributed by atoms with van der Waals surface area (Å²) in [6, 6.07) is 2.35. The summed E-state index contributed by atoms with van der Waals surface area (Å²) in [5, 5.41) is 0. The quantitative estimate of drug-likeness (QED) is 0.476. The lowest BCUT2D eigenvalue weighted by Gasteiger charge is -2.11. The molecule has 8 heteroatoms. The Morgan fingerprint density at radius 2 is 1.76 bits per heavy atom. The first-order chi connectivity index (χ1) is 9.75. The molecular weight excluding hydrogens is 296 g/mol. The summed E-state index contributed by atoms with van der Waals surface area (Å²) in [4.78, 5) is 22.4. The number of alkyl halides is 3. The molecule has 0 N–H and O–H groups in total. The molecule has 0 saturated carbocycles. The molecule has 0 bridgehead atoms. The molecule has 0 spiro atoms. The largest absolute Gasteiger partial charge is 0.466 e.